The summed E-state index contributed by atoms with van der Waals surface area (Å²) in [5, 5.41) is 3.32. The van der Waals surface area contributed by atoms with Crippen molar-refractivity contribution in [3.8, 4) is 17.1 Å². The quantitative estimate of drug-likeness (QED) is 0.361. The summed E-state index contributed by atoms with van der Waals surface area (Å²) in [6, 6.07) is 4.96. The van der Waals surface area contributed by atoms with Crippen molar-refractivity contribution in [2.75, 3.05) is 46.4 Å². The van der Waals surface area contributed by atoms with Crippen molar-refractivity contribution >= 4 is 27.8 Å². The van der Waals surface area contributed by atoms with E-state index in [1.165, 1.54) is 0 Å². The van der Waals surface area contributed by atoms with E-state index < -0.39 is 10.0 Å². The minimum atomic E-state index is -3.67. The fraction of sp³-hybridized carbons (Fsp3) is 0.542. The molecule has 0 amide bonds. The first-order chi connectivity index (χ1) is 16.6. The number of H-pyrrole nitrogens is 1. The predicted molar refractivity (Wildman–Crippen MR) is 139 cm³/mol. The summed E-state index contributed by atoms with van der Waals surface area (Å²) >= 11 is 5.61. The zero-order valence-corrected chi connectivity index (χ0v) is 22.8. The lowest BCUT2D eigenvalue weighted by Gasteiger charge is -2.40. The number of nitrogens with zero attached hydrogens (tertiary/aromatic N) is 5. The van der Waals surface area contributed by atoms with Gasteiger partial charge in [0, 0.05) is 6.42 Å². The number of aromatic nitrogens is 4. The zero-order valence-electron chi connectivity index (χ0n) is 21.2. The Balaban J connectivity index is 1.80. The summed E-state index contributed by atoms with van der Waals surface area (Å²) in [6.07, 6.45) is 1.71. The Bertz CT molecular complexity index is 1390. The van der Waals surface area contributed by atoms with Gasteiger partial charge >= 0.3 is 0 Å². The van der Waals surface area contributed by atoms with Crippen LogP contribution in [-0.4, -0.2) is 83.2 Å². The molecule has 11 heteroatoms. The minimum absolute atomic E-state index is 0.223. The second kappa shape index (κ2) is 9.96. The standard InChI is InChI=1S/C24H34N6O3S2/c1-6-9-21-25-17(4)22-24(34)26-23(27-29(21)22)19-16-18(10-11-20(19)33-8-3)35(31,32)28-12-14-30(5,7-2)15-13-28/h10-11,16H,6-9,12-15H2,1-5H3/p+1. The van der Waals surface area contributed by atoms with E-state index in [0.717, 1.165) is 54.0 Å². The number of nitrogens with one attached hydrogen (secondary N) is 1. The molecule has 1 aromatic carbocycles. The van der Waals surface area contributed by atoms with Crippen molar-refractivity contribution in [3.63, 3.8) is 0 Å². The number of hydrogen-bond acceptors (Lipinski definition) is 6. The maximum absolute atomic E-state index is 13.6. The maximum Gasteiger partial charge on any atom is 0.243 e. The highest BCUT2D eigenvalue weighted by Crippen LogP contribution is 2.32. The predicted octanol–water partition coefficient (Wildman–Crippen LogP) is 3.58. The summed E-state index contributed by atoms with van der Waals surface area (Å²) < 4.78 is 37.7. The third-order valence-electron chi connectivity index (χ3n) is 6.91. The molecule has 0 aliphatic carbocycles. The van der Waals surface area contributed by atoms with Crippen LogP contribution in [0.3, 0.4) is 0 Å². The van der Waals surface area contributed by atoms with E-state index >= 15 is 0 Å². The van der Waals surface area contributed by atoms with Crippen LogP contribution in [-0.2, 0) is 16.4 Å². The molecule has 1 saturated heterocycles. The number of quaternary nitrogens is 1. The molecule has 1 aliphatic rings. The summed E-state index contributed by atoms with van der Waals surface area (Å²) in [6.45, 7) is 12.1. The summed E-state index contributed by atoms with van der Waals surface area (Å²) in [4.78, 5) is 9.50. The van der Waals surface area contributed by atoms with Crippen LogP contribution in [0.1, 0.15) is 38.7 Å². The average Bonchev–Trinajstić information content (AvgIpc) is 3.15. The molecule has 3 heterocycles. The normalized spacial score (nSPS) is 16.6. The number of benzene rings is 1. The Morgan fingerprint density at radius 1 is 1.17 bits per heavy atom. The van der Waals surface area contributed by atoms with Crippen LogP contribution >= 0.6 is 12.2 Å². The van der Waals surface area contributed by atoms with Gasteiger partial charge in [-0.05, 0) is 45.4 Å². The largest absolute Gasteiger partial charge is 0.493 e. The van der Waals surface area contributed by atoms with E-state index in [4.69, 9.17) is 17.0 Å². The van der Waals surface area contributed by atoms with Gasteiger partial charge < -0.3 is 9.22 Å². The van der Waals surface area contributed by atoms with Crippen molar-refractivity contribution in [2.24, 2.45) is 0 Å². The molecule has 0 saturated carbocycles. The molecule has 4 rings (SSSR count). The van der Waals surface area contributed by atoms with Crippen molar-refractivity contribution in [1.82, 2.24) is 23.9 Å². The molecule has 2 aromatic heterocycles. The van der Waals surface area contributed by atoms with Gasteiger partial charge in [-0.3, -0.25) is 5.10 Å². The Labute approximate surface area is 212 Å². The number of fused-ring (bicyclic) bond motifs is 1. The lowest BCUT2D eigenvalue weighted by Crippen LogP contribution is -2.58. The topological polar surface area (TPSA) is 92.6 Å². The van der Waals surface area contributed by atoms with Gasteiger partial charge in [0.15, 0.2) is 10.5 Å². The van der Waals surface area contributed by atoms with Gasteiger partial charge in [0.1, 0.15) is 17.1 Å². The Kier molecular flexibility index (Phi) is 7.33. The van der Waals surface area contributed by atoms with Gasteiger partial charge in [0.25, 0.3) is 0 Å². The van der Waals surface area contributed by atoms with Gasteiger partial charge in [0.05, 0.1) is 62.5 Å². The van der Waals surface area contributed by atoms with E-state index in [1.807, 2.05) is 18.4 Å². The number of sulfonamides is 1. The molecular weight excluding hydrogens is 484 g/mol. The number of aromatic amines is 1. The van der Waals surface area contributed by atoms with Crippen molar-refractivity contribution in [3.05, 3.63) is 34.4 Å². The highest BCUT2D eigenvalue weighted by molar-refractivity contribution is 7.89. The molecule has 0 unspecified atom stereocenters. The molecular formula is C24H35N6O3S2+. The number of rotatable bonds is 8. The third kappa shape index (κ3) is 4.87. The maximum atomic E-state index is 13.6. The van der Waals surface area contributed by atoms with Crippen LogP contribution in [0.15, 0.2) is 23.1 Å². The average molecular weight is 520 g/mol. The van der Waals surface area contributed by atoms with Crippen molar-refractivity contribution in [1.29, 1.82) is 0 Å². The third-order valence-corrected chi connectivity index (χ3v) is 9.09. The molecule has 1 fully saturated rings. The first-order valence-electron chi connectivity index (χ1n) is 12.2. The number of aryl methyl sites for hydroxylation is 2. The molecule has 35 heavy (non-hydrogen) atoms. The number of piperazine rings is 1. The van der Waals surface area contributed by atoms with Gasteiger partial charge in [-0.2, -0.15) is 4.31 Å². The molecule has 0 radical (unpaired) electrons. The second-order valence-corrected chi connectivity index (χ2v) is 11.6. The fourth-order valence-electron chi connectivity index (χ4n) is 4.53. The SMILES string of the molecule is CCCc1nc(C)c2c(=S)nc(-c3cc(S(=O)(=O)N4CC[N+](C)(CC)CC4)ccc3OCC)[nH]n12. The number of hydrogen-bond donors (Lipinski definition) is 1. The lowest BCUT2D eigenvalue weighted by atomic mass is 10.2. The Hall–Kier alpha value is -2.34. The Morgan fingerprint density at radius 2 is 1.89 bits per heavy atom. The summed E-state index contributed by atoms with van der Waals surface area (Å²) in [5.41, 5.74) is 2.14. The van der Waals surface area contributed by atoms with Crippen molar-refractivity contribution < 1.29 is 17.6 Å². The molecule has 3 aromatic rings. The van der Waals surface area contributed by atoms with Crippen molar-refractivity contribution in [2.45, 2.75) is 45.4 Å². The van der Waals surface area contributed by atoms with Crippen LogP contribution in [0, 0.1) is 11.6 Å². The monoisotopic (exact) mass is 519 g/mol. The van der Waals surface area contributed by atoms with E-state index in [2.05, 4.69) is 36.0 Å². The van der Waals surface area contributed by atoms with E-state index in [0.29, 0.717) is 41.5 Å². The Morgan fingerprint density at radius 3 is 2.51 bits per heavy atom. The van der Waals surface area contributed by atoms with Crippen LogP contribution in [0.25, 0.3) is 16.9 Å². The highest BCUT2D eigenvalue weighted by Gasteiger charge is 2.34. The second-order valence-electron chi connectivity index (χ2n) is 9.30. The van der Waals surface area contributed by atoms with Crippen LogP contribution < -0.4 is 4.74 Å². The number of ether oxygens (including phenoxy) is 1. The molecule has 9 nitrogen and oxygen atoms in total. The molecule has 0 spiro atoms. The number of imidazole rings is 1. The first kappa shape index (κ1) is 25.7. The molecule has 1 aliphatic heterocycles. The fourth-order valence-corrected chi connectivity index (χ4v) is 6.31. The van der Waals surface area contributed by atoms with E-state index in [-0.39, 0.29) is 4.90 Å². The molecule has 0 bridgehead atoms. The van der Waals surface area contributed by atoms with Crippen LogP contribution in [0.4, 0.5) is 0 Å². The highest BCUT2D eigenvalue weighted by atomic mass is 32.2. The molecule has 190 valence electrons. The molecule has 1 N–H and O–H groups in total. The summed E-state index contributed by atoms with van der Waals surface area (Å²) in [5.74, 6) is 1.86. The lowest BCUT2D eigenvalue weighted by molar-refractivity contribution is -0.911. The smallest absolute Gasteiger partial charge is 0.243 e. The van der Waals surface area contributed by atoms with Gasteiger partial charge in [-0.25, -0.2) is 22.9 Å². The van der Waals surface area contributed by atoms with Gasteiger partial charge in [-0.15, -0.1) is 0 Å². The number of likely N-dealkylation sites (N-methyl/N-ethyl adjacent to an activating group) is 1. The van der Waals surface area contributed by atoms with Crippen LogP contribution in [0.5, 0.6) is 5.75 Å². The first-order valence-corrected chi connectivity index (χ1v) is 14.1. The molecule has 0 atom stereocenters. The summed E-state index contributed by atoms with van der Waals surface area (Å²) in [7, 11) is -1.49. The van der Waals surface area contributed by atoms with E-state index in [9.17, 15) is 8.42 Å². The minimum Gasteiger partial charge on any atom is -0.493 e. The van der Waals surface area contributed by atoms with Crippen LogP contribution in [0.2, 0.25) is 0 Å². The zero-order chi connectivity index (χ0) is 25.4. The van der Waals surface area contributed by atoms with E-state index in [1.54, 1.807) is 22.5 Å². The van der Waals surface area contributed by atoms with Gasteiger partial charge in [-0.1, -0.05) is 19.1 Å². The van der Waals surface area contributed by atoms with Gasteiger partial charge in [0.2, 0.25) is 10.0 Å².